The Morgan fingerprint density at radius 1 is 1.26 bits per heavy atom. The average Bonchev–Trinajstić information content (AvgIpc) is 3.16. The Kier molecular flexibility index (Phi) is 16.2. The zero-order chi connectivity index (χ0) is 22.9. The molecule has 15 heteroatoms. The zero-order valence-electron chi connectivity index (χ0n) is 16.5. The van der Waals surface area contributed by atoms with Crippen molar-refractivity contribution in [3.8, 4) is 5.75 Å². The van der Waals surface area contributed by atoms with Gasteiger partial charge in [-0.25, -0.2) is 18.2 Å². The molecule has 0 aliphatic heterocycles. The summed E-state index contributed by atoms with van der Waals surface area (Å²) >= 11 is 21.1. The first-order valence-corrected chi connectivity index (χ1v) is 13.3. The first kappa shape index (κ1) is 31.9. The predicted octanol–water partition coefficient (Wildman–Crippen LogP) is 2.29. The van der Waals surface area contributed by atoms with Crippen molar-refractivity contribution in [3.05, 3.63) is 45.9 Å². The number of hydrogen-bond acceptors (Lipinski definition) is 6. The van der Waals surface area contributed by atoms with Crippen LogP contribution in [-0.4, -0.2) is 54.4 Å². The van der Waals surface area contributed by atoms with E-state index in [0.717, 1.165) is 6.42 Å². The molecule has 1 aromatic carbocycles. The summed E-state index contributed by atoms with van der Waals surface area (Å²) < 4.78 is 35.5. The van der Waals surface area contributed by atoms with Crippen LogP contribution in [0.25, 0.3) is 0 Å². The van der Waals surface area contributed by atoms with E-state index in [1.165, 1.54) is 56.1 Å². The summed E-state index contributed by atoms with van der Waals surface area (Å²) in [5.41, 5.74) is 0. The van der Waals surface area contributed by atoms with E-state index in [0.29, 0.717) is 33.9 Å². The number of nitrogens with zero attached hydrogens (tertiary/aromatic N) is 3. The van der Waals surface area contributed by atoms with Gasteiger partial charge in [-0.05, 0) is 18.6 Å². The fourth-order valence-electron chi connectivity index (χ4n) is 2.03. The minimum absolute atomic E-state index is 0. The van der Waals surface area contributed by atoms with Crippen molar-refractivity contribution in [2.45, 2.75) is 14.6 Å². The number of halogens is 5. The number of hydrogen-bond donors (Lipinski definition) is 0. The Labute approximate surface area is 245 Å². The second-order valence-electron chi connectivity index (χ2n) is 5.54. The fraction of sp³-hybridized carbons (Fsp3) is 0.375. The van der Waals surface area contributed by atoms with E-state index in [4.69, 9.17) is 39.5 Å². The van der Waals surface area contributed by atoms with Gasteiger partial charge in [0.1, 0.15) is 23.1 Å². The molecule has 0 bridgehead atoms. The normalized spacial score (nSPS) is 10.7. The molecule has 168 valence electrons. The van der Waals surface area contributed by atoms with Crippen molar-refractivity contribution in [1.82, 2.24) is 14.5 Å². The van der Waals surface area contributed by atoms with E-state index in [1.807, 2.05) is 6.92 Å². The Morgan fingerprint density at radius 2 is 1.81 bits per heavy atom. The molecule has 0 unspecified atom stereocenters. The van der Waals surface area contributed by atoms with E-state index < -0.39 is 11.4 Å². The first-order valence-electron chi connectivity index (χ1n) is 8.24. The van der Waals surface area contributed by atoms with E-state index in [9.17, 15) is 17.8 Å². The van der Waals surface area contributed by atoms with Crippen LogP contribution in [0.2, 0.25) is 15.1 Å². The first-order chi connectivity index (χ1) is 14.0. The van der Waals surface area contributed by atoms with Crippen molar-refractivity contribution in [3.63, 3.8) is 0 Å². The zero-order valence-corrected chi connectivity index (χ0v) is 25.9. The van der Waals surface area contributed by atoms with Crippen LogP contribution in [0.3, 0.4) is 0 Å². The molecule has 0 radical (unpaired) electrons. The van der Waals surface area contributed by atoms with Crippen LogP contribution in [0.4, 0.5) is 4.79 Å². The van der Waals surface area contributed by atoms with Crippen molar-refractivity contribution in [2.24, 2.45) is 0 Å². The number of carbonyl (C=O) groups is 1. The summed E-state index contributed by atoms with van der Waals surface area (Å²) in [5.74, 6) is 0.365. The Hall–Kier alpha value is 0.940. The third-order valence-corrected chi connectivity index (χ3v) is 8.23. The maximum atomic E-state index is 12.3. The van der Waals surface area contributed by atoms with Gasteiger partial charge >= 0.3 is 35.6 Å². The molecule has 1 amide bonds. The van der Waals surface area contributed by atoms with Gasteiger partial charge in [0.05, 0.1) is 16.6 Å². The summed E-state index contributed by atoms with van der Waals surface area (Å²) in [4.78, 5) is 17.9. The largest absolute Gasteiger partial charge is 1.00 e. The van der Waals surface area contributed by atoms with Crippen molar-refractivity contribution in [1.29, 1.82) is 0 Å². The molecule has 31 heavy (non-hydrogen) atoms. The minimum atomic E-state index is -4.02. The van der Waals surface area contributed by atoms with Crippen LogP contribution in [0.1, 0.15) is 13.3 Å². The number of amides is 1. The molecule has 1 aromatic heterocycles. The number of aromatic nitrogens is 2. The van der Waals surface area contributed by atoms with Gasteiger partial charge in [-0.2, -0.15) is 0 Å². The van der Waals surface area contributed by atoms with E-state index in [-0.39, 0.29) is 42.2 Å². The van der Waals surface area contributed by atoms with Crippen LogP contribution >= 0.6 is 80.0 Å². The van der Waals surface area contributed by atoms with E-state index in [1.54, 1.807) is 29.4 Å². The van der Waals surface area contributed by atoms with Gasteiger partial charge in [-0.1, -0.05) is 86.9 Å². The van der Waals surface area contributed by atoms with Crippen LogP contribution in [0.5, 0.6) is 5.75 Å². The Bertz CT molecular complexity index is 914. The number of benzene rings is 1. The second-order valence-corrected chi connectivity index (χ2v) is 14.8. The molecule has 0 N–H and O–H groups in total. The van der Waals surface area contributed by atoms with Gasteiger partial charge in [0.2, 0.25) is 0 Å². The Balaban J connectivity index is 0.000000975. The van der Waals surface area contributed by atoms with Gasteiger partial charge in [0, 0.05) is 24.0 Å². The molecule has 2 aromatic rings. The summed E-state index contributed by atoms with van der Waals surface area (Å²) in [6.07, 6.45) is 5.48. The molecule has 0 saturated heterocycles. The number of imidazole rings is 1. The average molecular weight is 747 g/mol. The molecule has 0 saturated carbocycles. The molecule has 2 rings (SSSR count). The Morgan fingerprint density at radius 3 is 2.23 bits per heavy atom. The van der Waals surface area contributed by atoms with E-state index in [2.05, 4.69) is 4.98 Å². The minimum Gasteiger partial charge on any atom is -0.747 e. The molecule has 0 atom stereocenters. The van der Waals surface area contributed by atoms with Gasteiger partial charge in [0.15, 0.2) is 7.01 Å². The number of ether oxygens (including phenoxy) is 1. The van der Waals surface area contributed by atoms with Crippen LogP contribution < -0.4 is 34.3 Å². The summed E-state index contributed by atoms with van der Waals surface area (Å²) in [7, 11) is -4.02. The molecule has 8 nitrogen and oxygen atoms in total. The van der Waals surface area contributed by atoms with Crippen molar-refractivity contribution >= 4 is 96.1 Å². The van der Waals surface area contributed by atoms with E-state index >= 15 is 0 Å². The monoisotopic (exact) mass is 745 g/mol. The SMILES string of the molecule is CCCN(CCOc1c(Cl)cc(Cl)cc1Cl)C(=O)n1ccnc1.O=S(=O)([O-])C(I)I.[Na+]. The molecule has 0 fully saturated rings. The van der Waals surface area contributed by atoms with Gasteiger partial charge < -0.3 is 14.2 Å². The predicted molar refractivity (Wildman–Crippen MR) is 133 cm³/mol. The molecule has 0 aliphatic rings. The summed E-state index contributed by atoms with van der Waals surface area (Å²) in [6.45, 7) is 3.28. The number of alkyl halides is 2. The van der Waals surface area contributed by atoms with Crippen molar-refractivity contribution in [2.75, 3.05) is 19.7 Å². The molecular weight excluding hydrogens is 729 g/mol. The molecule has 0 aliphatic carbocycles. The fourth-order valence-corrected chi connectivity index (χ4v) is 2.96. The van der Waals surface area contributed by atoms with Gasteiger partial charge in [-0.15, -0.1) is 0 Å². The van der Waals surface area contributed by atoms with Crippen LogP contribution in [0.15, 0.2) is 30.9 Å². The third-order valence-electron chi connectivity index (χ3n) is 3.28. The smallest absolute Gasteiger partial charge is 0.747 e. The summed E-state index contributed by atoms with van der Waals surface area (Å²) in [5, 5.41) is 1.12. The molecular formula is C16H17Cl3I2N3NaO5S. The topological polar surface area (TPSA) is 105 Å². The third kappa shape index (κ3) is 11.8. The maximum absolute atomic E-state index is 12.3. The number of carbonyl (C=O) groups excluding carboxylic acids is 1. The second kappa shape index (κ2) is 15.8. The quantitative estimate of drug-likeness (QED) is 0.187. The standard InChI is InChI=1S/C15H16Cl3N3O2.CH2I2O3S.Na/c1-2-4-20(15(22)21-5-3-19-10-21)6-7-23-14-12(17)8-11(16)9-13(14)18;2-1(3)7(4,5)6;/h3,5,8-10H,2,4,6-7H2,1H3;1H,(H,4,5,6);/q;;+1/p-1. The van der Waals surface area contributed by atoms with Crippen LogP contribution in [0, 0.1) is 0 Å². The van der Waals surface area contributed by atoms with Crippen molar-refractivity contribution < 1.29 is 52.1 Å². The van der Waals surface area contributed by atoms with Gasteiger partial charge in [-0.3, -0.25) is 4.57 Å². The van der Waals surface area contributed by atoms with Gasteiger partial charge in [0.25, 0.3) is 0 Å². The summed E-state index contributed by atoms with van der Waals surface area (Å²) in [6, 6.07) is 2.97. The number of rotatable bonds is 7. The molecule has 0 spiro atoms. The molecule has 1 heterocycles. The van der Waals surface area contributed by atoms with Crippen LogP contribution in [-0.2, 0) is 10.1 Å². The maximum Gasteiger partial charge on any atom is 1.00 e.